The Labute approximate surface area is 267 Å². The maximum Gasteiger partial charge on any atom is 0.349 e. The summed E-state index contributed by atoms with van der Waals surface area (Å²) < 4.78 is 38.5. The molecule has 0 unspecified atom stereocenters. The summed E-state index contributed by atoms with van der Waals surface area (Å²) in [5.74, 6) is -4.84. The van der Waals surface area contributed by atoms with E-state index < -0.39 is 89.8 Å². The van der Waals surface area contributed by atoms with E-state index in [0.29, 0.717) is 15.8 Å². The summed E-state index contributed by atoms with van der Waals surface area (Å²) in [6.45, 7) is 6.62. The fourth-order valence-electron chi connectivity index (χ4n) is 5.06. The third kappa shape index (κ3) is 9.06. The average Bonchev–Trinajstić information content (AvgIpc) is 2.93. The minimum absolute atomic E-state index is 0.212. The summed E-state index contributed by atoms with van der Waals surface area (Å²) >= 11 is 0.810. The molecule has 15 nitrogen and oxygen atoms in total. The van der Waals surface area contributed by atoms with E-state index in [1.165, 1.54) is 19.1 Å². The summed E-state index contributed by atoms with van der Waals surface area (Å²) in [5.41, 5.74) is 0.274. The van der Waals surface area contributed by atoms with Gasteiger partial charge < -0.3 is 38.2 Å². The Kier molecular flexibility index (Phi) is 11.9. The number of rotatable bonds is 11. The second-order valence-electron chi connectivity index (χ2n) is 10.4. The minimum Gasteiger partial charge on any atom is -0.466 e. The lowest BCUT2D eigenvalue weighted by Crippen LogP contribution is -2.68. The molecule has 16 heteroatoms. The van der Waals surface area contributed by atoms with Crippen LogP contribution in [0.5, 0.6) is 0 Å². The van der Waals surface area contributed by atoms with E-state index in [0.717, 1.165) is 46.6 Å². The van der Waals surface area contributed by atoms with Crippen molar-refractivity contribution >= 4 is 58.5 Å². The summed E-state index contributed by atoms with van der Waals surface area (Å²) in [6, 6.07) is 4.84. The van der Waals surface area contributed by atoms with Gasteiger partial charge in [0.1, 0.15) is 24.4 Å². The lowest BCUT2D eigenvalue weighted by molar-refractivity contribution is -0.224. The van der Waals surface area contributed by atoms with Gasteiger partial charge >= 0.3 is 35.5 Å². The number of methoxy groups -OCH3 is 1. The predicted molar refractivity (Wildman–Crippen MR) is 158 cm³/mol. The molecule has 0 aliphatic carbocycles. The van der Waals surface area contributed by atoms with Crippen LogP contribution in [0.25, 0.3) is 11.0 Å². The molecule has 0 radical (unpaired) electrons. The number of ether oxygens (including phenoxy) is 6. The summed E-state index contributed by atoms with van der Waals surface area (Å²) in [6.07, 6.45) is -6.44. The van der Waals surface area contributed by atoms with Crippen molar-refractivity contribution in [2.24, 2.45) is 0 Å². The van der Waals surface area contributed by atoms with Crippen LogP contribution in [0.2, 0.25) is 0 Å². The maximum absolute atomic E-state index is 13.6. The largest absolute Gasteiger partial charge is 0.466 e. The zero-order valence-electron chi connectivity index (χ0n) is 26.2. The Bertz CT molecular complexity index is 1570. The van der Waals surface area contributed by atoms with Gasteiger partial charge in [0.2, 0.25) is 10.8 Å². The Morgan fingerprint density at radius 3 is 2.22 bits per heavy atom. The third-order valence-electron chi connectivity index (χ3n) is 6.70. The van der Waals surface area contributed by atoms with Crippen molar-refractivity contribution in [3.8, 4) is 0 Å². The number of amides is 1. The van der Waals surface area contributed by atoms with Crippen LogP contribution in [-0.2, 0) is 57.2 Å². The number of fused-ring (bicyclic) bond motifs is 1. The molecule has 1 aliphatic rings. The van der Waals surface area contributed by atoms with Crippen molar-refractivity contribution in [3.05, 3.63) is 40.2 Å². The molecule has 0 saturated carbocycles. The lowest BCUT2D eigenvalue weighted by Gasteiger charge is -2.48. The normalized spacial score (nSPS) is 22.1. The molecule has 1 saturated heterocycles. The molecular formula is C30H35NO14S. The molecule has 3 rings (SSSR count). The highest BCUT2D eigenvalue weighted by Crippen LogP contribution is 2.46. The Hall–Kier alpha value is -4.44. The van der Waals surface area contributed by atoms with E-state index in [1.807, 2.05) is 0 Å². The highest BCUT2D eigenvalue weighted by atomic mass is 32.2. The first kappa shape index (κ1) is 36.0. The number of nitrogens with one attached hydrogen (secondary N) is 1. The van der Waals surface area contributed by atoms with E-state index in [-0.39, 0.29) is 5.58 Å². The van der Waals surface area contributed by atoms with Gasteiger partial charge in [0.25, 0.3) is 0 Å². The van der Waals surface area contributed by atoms with Gasteiger partial charge in [0.15, 0.2) is 12.2 Å². The molecule has 0 bridgehead atoms. The fourth-order valence-corrected chi connectivity index (χ4v) is 6.32. The standard InChI is InChI=1S/C30H35NO14S/c1-14-10-25(37)44-22-11-20(8-9-21(14)22)46-30(29(38)39-7)12-23(41-17(4)34)26(31-15(2)32)28(45-30)27(43-19(6)36)24(42-18(5)35)13-40-16(3)33/h8-11,23-24,26-28H,12-13H2,1-7H3,(H,31,32)/t23-,24+,26+,27+,28+,30-/m0/s1. The quantitative estimate of drug-likeness (QED) is 0.206. The highest BCUT2D eigenvalue weighted by Gasteiger charge is 2.59. The second kappa shape index (κ2) is 15.2. The van der Waals surface area contributed by atoms with Gasteiger partial charge in [-0.25, -0.2) is 9.59 Å². The Morgan fingerprint density at radius 2 is 1.65 bits per heavy atom. The average molecular weight is 666 g/mol. The number of hydrogen-bond donors (Lipinski definition) is 1. The molecule has 6 atom stereocenters. The van der Waals surface area contributed by atoms with Crippen LogP contribution in [0.1, 0.15) is 46.6 Å². The zero-order valence-corrected chi connectivity index (χ0v) is 27.1. The van der Waals surface area contributed by atoms with Crippen molar-refractivity contribution in [1.29, 1.82) is 0 Å². The first-order valence-electron chi connectivity index (χ1n) is 14.0. The van der Waals surface area contributed by atoms with Crippen LogP contribution in [-0.4, -0.2) is 84.9 Å². The van der Waals surface area contributed by atoms with Gasteiger partial charge in [-0.15, -0.1) is 0 Å². The van der Waals surface area contributed by atoms with Gasteiger partial charge in [0.05, 0.1) is 13.2 Å². The zero-order chi connectivity index (χ0) is 34.3. The second-order valence-corrected chi connectivity index (χ2v) is 11.8. The Morgan fingerprint density at radius 1 is 0.978 bits per heavy atom. The van der Waals surface area contributed by atoms with Gasteiger partial charge in [-0.1, -0.05) is 11.8 Å². The number of hydrogen-bond acceptors (Lipinski definition) is 15. The number of carbonyl (C=O) groups excluding carboxylic acids is 6. The van der Waals surface area contributed by atoms with E-state index in [9.17, 15) is 33.6 Å². The van der Waals surface area contributed by atoms with E-state index in [2.05, 4.69) is 5.32 Å². The third-order valence-corrected chi connectivity index (χ3v) is 7.95. The maximum atomic E-state index is 13.6. The molecule has 1 amide bonds. The van der Waals surface area contributed by atoms with E-state index >= 15 is 0 Å². The first-order chi connectivity index (χ1) is 21.5. The molecule has 2 aromatic rings. The minimum atomic E-state index is -2.06. The topological polar surface area (TPSA) is 200 Å². The van der Waals surface area contributed by atoms with Gasteiger partial charge in [-0.05, 0) is 30.7 Å². The van der Waals surface area contributed by atoms with Gasteiger partial charge in [-0.2, -0.15) is 0 Å². The van der Waals surface area contributed by atoms with Gasteiger partial charge in [-0.3, -0.25) is 24.0 Å². The van der Waals surface area contributed by atoms with Crippen molar-refractivity contribution in [2.45, 2.75) is 88.2 Å². The number of aryl methyl sites for hydroxylation is 1. The lowest BCUT2D eigenvalue weighted by atomic mass is 9.89. The molecule has 1 aliphatic heterocycles. The van der Waals surface area contributed by atoms with Crippen molar-refractivity contribution in [1.82, 2.24) is 5.32 Å². The number of esters is 5. The molecule has 1 aromatic carbocycles. The van der Waals surface area contributed by atoms with Crippen LogP contribution < -0.4 is 10.9 Å². The van der Waals surface area contributed by atoms with E-state index in [1.54, 1.807) is 19.1 Å². The molecular weight excluding hydrogens is 630 g/mol. The highest BCUT2D eigenvalue weighted by molar-refractivity contribution is 8.01. The van der Waals surface area contributed by atoms with Crippen molar-refractivity contribution < 1.29 is 61.6 Å². The molecule has 46 heavy (non-hydrogen) atoms. The van der Waals surface area contributed by atoms with Crippen LogP contribution in [0.15, 0.2) is 38.4 Å². The summed E-state index contributed by atoms with van der Waals surface area (Å²) in [7, 11) is 1.10. The molecule has 2 heterocycles. The summed E-state index contributed by atoms with van der Waals surface area (Å²) in [4.78, 5) is 85.0. The number of carbonyl (C=O) groups is 6. The van der Waals surface area contributed by atoms with Gasteiger partial charge in [0, 0.05) is 57.4 Å². The van der Waals surface area contributed by atoms with Crippen LogP contribution in [0, 0.1) is 6.92 Å². The molecule has 1 N–H and O–H groups in total. The molecule has 0 spiro atoms. The molecule has 250 valence electrons. The smallest absolute Gasteiger partial charge is 0.349 e. The number of thioether (sulfide) groups is 1. The predicted octanol–water partition coefficient (Wildman–Crippen LogP) is 1.71. The van der Waals surface area contributed by atoms with Crippen LogP contribution in [0.4, 0.5) is 0 Å². The number of benzene rings is 1. The first-order valence-corrected chi connectivity index (χ1v) is 14.8. The fraction of sp³-hybridized carbons (Fsp3) is 0.500. The van der Waals surface area contributed by atoms with E-state index in [4.69, 9.17) is 32.8 Å². The van der Waals surface area contributed by atoms with Crippen molar-refractivity contribution in [3.63, 3.8) is 0 Å². The van der Waals surface area contributed by atoms with Crippen LogP contribution >= 0.6 is 11.8 Å². The molecule has 1 aromatic heterocycles. The van der Waals surface area contributed by atoms with Crippen LogP contribution in [0.3, 0.4) is 0 Å². The monoisotopic (exact) mass is 665 g/mol. The Balaban J connectivity index is 2.25. The molecule has 1 fully saturated rings. The summed E-state index contributed by atoms with van der Waals surface area (Å²) in [5, 5.41) is 3.25. The SMILES string of the molecule is COC(=O)[C@@]1(Sc2ccc3c(C)cc(=O)oc3c2)C[C@H](OC(C)=O)[C@@H](NC(C)=O)[C@H]([C@H](OC(C)=O)[C@@H](COC(C)=O)OC(C)=O)O1. The van der Waals surface area contributed by atoms with Crippen molar-refractivity contribution in [2.75, 3.05) is 13.7 Å².